The number of halogens is 1. The maximum atomic E-state index is 12.2. The summed E-state index contributed by atoms with van der Waals surface area (Å²) in [5.74, 6) is -1.91. The lowest BCUT2D eigenvalue weighted by molar-refractivity contribution is -0.142. The van der Waals surface area contributed by atoms with Crippen LogP contribution in [0, 0.1) is 11.8 Å². The Morgan fingerprint density at radius 1 is 1.53 bits per heavy atom. The van der Waals surface area contributed by atoms with E-state index in [4.69, 9.17) is 16.7 Å². The summed E-state index contributed by atoms with van der Waals surface area (Å²) in [6, 6.07) is 3.66. The summed E-state index contributed by atoms with van der Waals surface area (Å²) in [5.41, 5.74) is 0. The molecule has 1 heterocycles. The number of amides is 1. The molecule has 4 nitrogen and oxygen atoms in total. The molecule has 19 heavy (non-hydrogen) atoms. The van der Waals surface area contributed by atoms with Crippen LogP contribution in [-0.2, 0) is 16.1 Å². The standard InChI is InChI=1S/C13H14ClNO3S/c1-2-5-15(7-8-3-4-11(14)19-8)12(16)9-6-10(9)13(17)18/h2-4,9-10H,1,5-7H2,(H,17,18). The second-order valence-electron chi connectivity index (χ2n) is 4.50. The van der Waals surface area contributed by atoms with E-state index in [2.05, 4.69) is 6.58 Å². The van der Waals surface area contributed by atoms with Gasteiger partial charge in [-0.15, -0.1) is 17.9 Å². The quantitative estimate of drug-likeness (QED) is 0.822. The van der Waals surface area contributed by atoms with E-state index in [1.165, 1.54) is 11.3 Å². The van der Waals surface area contributed by atoms with Gasteiger partial charge in [-0.05, 0) is 18.6 Å². The van der Waals surface area contributed by atoms with Crippen molar-refractivity contribution in [2.75, 3.05) is 6.54 Å². The number of carboxylic acid groups (broad SMARTS) is 1. The number of thiophene rings is 1. The SMILES string of the molecule is C=CCN(Cc1ccc(Cl)s1)C(=O)C1CC1C(=O)O. The van der Waals surface area contributed by atoms with E-state index in [-0.39, 0.29) is 11.8 Å². The highest BCUT2D eigenvalue weighted by atomic mass is 35.5. The summed E-state index contributed by atoms with van der Waals surface area (Å²) in [5, 5.41) is 8.87. The lowest BCUT2D eigenvalue weighted by Gasteiger charge is -2.20. The molecular weight excluding hydrogens is 286 g/mol. The summed E-state index contributed by atoms with van der Waals surface area (Å²) in [7, 11) is 0. The van der Waals surface area contributed by atoms with Crippen molar-refractivity contribution < 1.29 is 14.7 Å². The molecule has 102 valence electrons. The minimum Gasteiger partial charge on any atom is -0.481 e. The average Bonchev–Trinajstić information content (AvgIpc) is 3.06. The number of carbonyl (C=O) groups is 2. The van der Waals surface area contributed by atoms with E-state index in [1.54, 1.807) is 17.0 Å². The molecule has 0 spiro atoms. The van der Waals surface area contributed by atoms with E-state index in [0.717, 1.165) is 4.88 Å². The van der Waals surface area contributed by atoms with E-state index < -0.39 is 11.9 Å². The molecule has 1 saturated carbocycles. The maximum Gasteiger partial charge on any atom is 0.307 e. The molecule has 0 saturated heterocycles. The third kappa shape index (κ3) is 3.36. The second-order valence-corrected chi connectivity index (χ2v) is 6.30. The van der Waals surface area contributed by atoms with E-state index in [9.17, 15) is 9.59 Å². The lowest BCUT2D eigenvalue weighted by Crippen LogP contribution is -2.32. The Morgan fingerprint density at radius 3 is 2.74 bits per heavy atom. The van der Waals surface area contributed by atoms with Crippen LogP contribution in [0.2, 0.25) is 4.34 Å². The van der Waals surface area contributed by atoms with Crippen molar-refractivity contribution in [2.24, 2.45) is 11.8 Å². The fraction of sp³-hybridized carbons (Fsp3) is 0.385. The number of hydrogen-bond acceptors (Lipinski definition) is 3. The van der Waals surface area contributed by atoms with Gasteiger partial charge < -0.3 is 10.0 Å². The van der Waals surface area contributed by atoms with Gasteiger partial charge in [-0.2, -0.15) is 0 Å². The van der Waals surface area contributed by atoms with Gasteiger partial charge in [-0.1, -0.05) is 17.7 Å². The Morgan fingerprint density at radius 2 is 2.26 bits per heavy atom. The van der Waals surface area contributed by atoms with Crippen molar-refractivity contribution in [2.45, 2.75) is 13.0 Å². The number of hydrogen-bond donors (Lipinski definition) is 1. The Kier molecular flexibility index (Phi) is 4.27. The summed E-state index contributed by atoms with van der Waals surface area (Å²) in [6.45, 7) is 4.49. The molecule has 0 aliphatic heterocycles. The minimum absolute atomic E-state index is 0.114. The summed E-state index contributed by atoms with van der Waals surface area (Å²) in [4.78, 5) is 25.6. The van der Waals surface area contributed by atoms with Crippen LogP contribution in [0.25, 0.3) is 0 Å². The third-order valence-electron chi connectivity index (χ3n) is 3.06. The summed E-state index contributed by atoms with van der Waals surface area (Å²) < 4.78 is 0.677. The Bertz CT molecular complexity index is 514. The van der Waals surface area contributed by atoms with Crippen LogP contribution >= 0.6 is 22.9 Å². The van der Waals surface area contributed by atoms with Crippen molar-refractivity contribution in [1.29, 1.82) is 0 Å². The van der Waals surface area contributed by atoms with Crippen LogP contribution in [0.15, 0.2) is 24.8 Å². The van der Waals surface area contributed by atoms with Crippen molar-refractivity contribution in [1.82, 2.24) is 4.90 Å². The zero-order valence-corrected chi connectivity index (χ0v) is 11.8. The first-order chi connectivity index (χ1) is 9.02. The number of rotatable bonds is 6. The van der Waals surface area contributed by atoms with E-state index in [0.29, 0.717) is 23.8 Å². The largest absolute Gasteiger partial charge is 0.481 e. The molecule has 1 amide bonds. The topological polar surface area (TPSA) is 57.6 Å². The van der Waals surface area contributed by atoms with Gasteiger partial charge >= 0.3 is 5.97 Å². The number of nitrogens with zero attached hydrogens (tertiary/aromatic N) is 1. The Hall–Kier alpha value is -1.33. The summed E-state index contributed by atoms with van der Waals surface area (Å²) >= 11 is 7.28. The van der Waals surface area contributed by atoms with Gasteiger partial charge in [0.1, 0.15) is 0 Å². The highest BCUT2D eigenvalue weighted by molar-refractivity contribution is 7.16. The molecule has 1 aliphatic carbocycles. The first-order valence-corrected chi connectivity index (χ1v) is 7.09. The molecule has 0 radical (unpaired) electrons. The fourth-order valence-electron chi connectivity index (χ4n) is 1.99. The smallest absolute Gasteiger partial charge is 0.307 e. The minimum atomic E-state index is -0.893. The van der Waals surface area contributed by atoms with Gasteiger partial charge in [-0.3, -0.25) is 9.59 Å². The van der Waals surface area contributed by atoms with Crippen LogP contribution in [0.5, 0.6) is 0 Å². The van der Waals surface area contributed by atoms with Crippen molar-refractivity contribution in [3.8, 4) is 0 Å². The van der Waals surface area contributed by atoms with Crippen molar-refractivity contribution in [3.05, 3.63) is 34.0 Å². The van der Waals surface area contributed by atoms with Crippen LogP contribution in [-0.4, -0.2) is 28.4 Å². The monoisotopic (exact) mass is 299 g/mol. The predicted molar refractivity (Wildman–Crippen MR) is 74.2 cm³/mol. The normalized spacial score (nSPS) is 20.9. The number of carbonyl (C=O) groups excluding carboxylic acids is 1. The zero-order chi connectivity index (χ0) is 14.0. The molecule has 1 aromatic rings. The second kappa shape index (κ2) is 5.75. The molecule has 0 bridgehead atoms. The third-order valence-corrected chi connectivity index (χ3v) is 4.28. The maximum absolute atomic E-state index is 12.2. The van der Waals surface area contributed by atoms with Gasteiger partial charge in [0.05, 0.1) is 22.7 Å². The van der Waals surface area contributed by atoms with Gasteiger partial charge in [0.25, 0.3) is 0 Å². The Balaban J connectivity index is 2.01. The van der Waals surface area contributed by atoms with Crippen LogP contribution in [0.1, 0.15) is 11.3 Å². The van der Waals surface area contributed by atoms with Gasteiger partial charge in [0, 0.05) is 11.4 Å². The highest BCUT2D eigenvalue weighted by Crippen LogP contribution is 2.40. The molecular formula is C13H14ClNO3S. The van der Waals surface area contributed by atoms with Crippen LogP contribution in [0.4, 0.5) is 0 Å². The Labute approximate surface area is 120 Å². The molecule has 1 N–H and O–H groups in total. The fourth-order valence-corrected chi connectivity index (χ4v) is 3.09. The molecule has 1 aromatic heterocycles. The number of aliphatic carboxylic acids is 1. The molecule has 0 aromatic carbocycles. The first-order valence-electron chi connectivity index (χ1n) is 5.89. The molecule has 2 rings (SSSR count). The van der Waals surface area contributed by atoms with Gasteiger partial charge in [-0.25, -0.2) is 0 Å². The molecule has 2 unspecified atom stereocenters. The lowest BCUT2D eigenvalue weighted by atomic mass is 10.2. The predicted octanol–water partition coefficient (Wildman–Crippen LogP) is 2.64. The van der Waals surface area contributed by atoms with Gasteiger partial charge in [0.15, 0.2) is 0 Å². The molecule has 6 heteroatoms. The highest BCUT2D eigenvalue weighted by Gasteiger charge is 2.49. The van der Waals surface area contributed by atoms with Crippen LogP contribution in [0.3, 0.4) is 0 Å². The van der Waals surface area contributed by atoms with Crippen molar-refractivity contribution in [3.63, 3.8) is 0 Å². The van der Waals surface area contributed by atoms with Crippen LogP contribution < -0.4 is 0 Å². The molecule has 2 atom stereocenters. The zero-order valence-electron chi connectivity index (χ0n) is 10.2. The first kappa shape index (κ1) is 14.1. The number of carboxylic acids is 1. The molecule has 1 fully saturated rings. The van der Waals surface area contributed by atoms with Crippen molar-refractivity contribution >= 4 is 34.8 Å². The summed E-state index contributed by atoms with van der Waals surface area (Å²) in [6.07, 6.45) is 2.08. The average molecular weight is 300 g/mol. The van der Waals surface area contributed by atoms with E-state index >= 15 is 0 Å². The van der Waals surface area contributed by atoms with Gasteiger partial charge in [0.2, 0.25) is 5.91 Å². The molecule has 1 aliphatic rings. The van der Waals surface area contributed by atoms with E-state index in [1.807, 2.05) is 6.07 Å².